The quantitative estimate of drug-likeness (QED) is 0.208. The number of hydrogen-bond acceptors (Lipinski definition) is 5. The van der Waals surface area contributed by atoms with Crippen LogP contribution < -0.4 is 15.5 Å². The molecule has 1 aromatic carbocycles. The highest BCUT2D eigenvalue weighted by Gasteiger charge is 2.15. The number of hydrogen-bond donors (Lipinski definition) is 2. The van der Waals surface area contributed by atoms with Gasteiger partial charge in [-0.15, -0.1) is 24.0 Å². The molecule has 1 unspecified atom stereocenters. The molecule has 0 amide bonds. The molecule has 31 heavy (non-hydrogen) atoms. The maximum absolute atomic E-state index is 5.78. The van der Waals surface area contributed by atoms with Crippen molar-refractivity contribution in [1.82, 2.24) is 15.6 Å². The molecule has 8 heteroatoms. The Morgan fingerprint density at radius 2 is 2.13 bits per heavy atom. The average Bonchev–Trinajstić information content (AvgIpc) is 3.27. The van der Waals surface area contributed by atoms with Crippen LogP contribution in [0.15, 0.2) is 35.3 Å². The molecule has 1 saturated heterocycles. The Balaban J connectivity index is 0.00000341. The number of nitrogens with zero attached hydrogens (tertiary/aromatic N) is 3. The summed E-state index contributed by atoms with van der Waals surface area (Å²) < 4.78 is 11.2. The summed E-state index contributed by atoms with van der Waals surface area (Å²) >= 11 is 0. The number of rotatable bonds is 10. The van der Waals surface area contributed by atoms with Crippen LogP contribution in [0.1, 0.15) is 25.3 Å². The summed E-state index contributed by atoms with van der Waals surface area (Å²) in [6.45, 7) is 7.60. The maximum Gasteiger partial charge on any atom is 0.191 e. The van der Waals surface area contributed by atoms with Crippen LogP contribution in [-0.4, -0.2) is 64.6 Å². The highest BCUT2D eigenvalue weighted by Crippen LogP contribution is 2.22. The van der Waals surface area contributed by atoms with Crippen LogP contribution in [0.5, 0.6) is 0 Å². The number of guanidine groups is 1. The minimum Gasteiger partial charge on any atom is -0.381 e. The van der Waals surface area contributed by atoms with Gasteiger partial charge in [-0.3, -0.25) is 0 Å². The molecule has 0 bridgehead atoms. The van der Waals surface area contributed by atoms with Gasteiger partial charge in [0, 0.05) is 51.7 Å². The minimum atomic E-state index is 0. The number of nitrogens with one attached hydrogen (secondary N) is 2. The molecule has 0 aliphatic carbocycles. The lowest BCUT2D eigenvalue weighted by Crippen LogP contribution is -2.38. The Morgan fingerprint density at radius 1 is 1.29 bits per heavy atom. The Hall–Kier alpha value is -1.65. The van der Waals surface area contributed by atoms with Crippen molar-refractivity contribution in [3.8, 4) is 0 Å². The normalized spacial score (nSPS) is 16.2. The Kier molecular flexibility index (Phi) is 11.3. The number of aliphatic imine (C=N–C) groups is 1. The van der Waals surface area contributed by atoms with Crippen LogP contribution in [0, 0.1) is 5.92 Å². The zero-order valence-corrected chi connectivity index (χ0v) is 21.2. The van der Waals surface area contributed by atoms with E-state index >= 15 is 0 Å². The summed E-state index contributed by atoms with van der Waals surface area (Å²) in [5.74, 6) is 2.34. The number of aromatic nitrogens is 1. The summed E-state index contributed by atoms with van der Waals surface area (Å²) in [6.07, 6.45) is 2.07. The molecule has 0 spiro atoms. The third kappa shape index (κ3) is 8.08. The van der Waals surface area contributed by atoms with Gasteiger partial charge in [0.2, 0.25) is 0 Å². The van der Waals surface area contributed by atoms with Crippen molar-refractivity contribution in [2.45, 2.75) is 26.3 Å². The van der Waals surface area contributed by atoms with Crippen LogP contribution in [0.3, 0.4) is 0 Å². The second kappa shape index (κ2) is 13.7. The van der Waals surface area contributed by atoms with Gasteiger partial charge in [0.15, 0.2) is 5.96 Å². The standard InChI is InChI=1S/C23H35N5O2.HI/c1-4-24-23(25-11-7-12-29-16-18-10-13-30-17-18)26-15-19-14-22(28(2)3)27-21-9-6-5-8-20(19)21;/h5-6,8-9,14,18H,4,7,10-13,15-17H2,1-3H3,(H2,24,25,26);1H. The third-order valence-electron chi connectivity index (χ3n) is 5.13. The summed E-state index contributed by atoms with van der Waals surface area (Å²) in [7, 11) is 4.02. The fourth-order valence-corrected chi connectivity index (χ4v) is 3.44. The number of pyridine rings is 1. The summed E-state index contributed by atoms with van der Waals surface area (Å²) in [4.78, 5) is 11.6. The van der Waals surface area contributed by atoms with Crippen molar-refractivity contribution in [2.75, 3.05) is 58.5 Å². The third-order valence-corrected chi connectivity index (χ3v) is 5.13. The van der Waals surface area contributed by atoms with E-state index in [2.05, 4.69) is 35.8 Å². The Bertz CT molecular complexity index is 825. The number of fused-ring (bicyclic) bond motifs is 1. The lowest BCUT2D eigenvalue weighted by atomic mass is 10.1. The second-order valence-electron chi connectivity index (χ2n) is 7.83. The van der Waals surface area contributed by atoms with Gasteiger partial charge in [-0.2, -0.15) is 0 Å². The zero-order chi connectivity index (χ0) is 21.2. The summed E-state index contributed by atoms with van der Waals surface area (Å²) in [6, 6.07) is 10.4. The average molecular weight is 541 g/mol. The lowest BCUT2D eigenvalue weighted by Gasteiger charge is -2.15. The van der Waals surface area contributed by atoms with E-state index < -0.39 is 0 Å². The molecular weight excluding hydrogens is 505 g/mol. The molecule has 3 rings (SSSR count). The molecular formula is C23H36IN5O2. The first-order valence-corrected chi connectivity index (χ1v) is 10.9. The van der Waals surface area contributed by atoms with Gasteiger partial charge in [0.05, 0.1) is 25.3 Å². The van der Waals surface area contributed by atoms with Gasteiger partial charge in [-0.1, -0.05) is 18.2 Å². The molecule has 0 radical (unpaired) electrons. The Labute approximate surface area is 203 Å². The predicted molar refractivity (Wildman–Crippen MR) is 139 cm³/mol. The zero-order valence-electron chi connectivity index (χ0n) is 18.9. The van der Waals surface area contributed by atoms with E-state index in [0.717, 1.165) is 75.0 Å². The molecule has 2 aromatic rings. The first-order chi connectivity index (χ1) is 14.7. The van der Waals surface area contributed by atoms with E-state index in [1.54, 1.807) is 0 Å². The number of ether oxygens (including phenoxy) is 2. The molecule has 7 nitrogen and oxygen atoms in total. The first kappa shape index (κ1) is 25.6. The molecule has 1 atom stereocenters. The van der Waals surface area contributed by atoms with E-state index in [0.29, 0.717) is 12.5 Å². The van der Waals surface area contributed by atoms with Gasteiger partial charge in [0.1, 0.15) is 5.82 Å². The molecule has 1 aliphatic rings. The summed E-state index contributed by atoms with van der Waals surface area (Å²) in [5, 5.41) is 7.89. The van der Waals surface area contributed by atoms with E-state index in [1.807, 2.05) is 31.1 Å². The van der Waals surface area contributed by atoms with E-state index in [1.165, 1.54) is 5.56 Å². The van der Waals surface area contributed by atoms with Crippen LogP contribution in [0.2, 0.25) is 0 Å². The number of benzene rings is 1. The molecule has 1 aromatic heterocycles. The summed E-state index contributed by atoms with van der Waals surface area (Å²) in [5.41, 5.74) is 2.17. The predicted octanol–water partition coefficient (Wildman–Crippen LogP) is 3.42. The maximum atomic E-state index is 5.78. The van der Waals surface area contributed by atoms with Gasteiger partial charge in [-0.25, -0.2) is 9.98 Å². The largest absolute Gasteiger partial charge is 0.381 e. The van der Waals surface area contributed by atoms with Crippen LogP contribution in [-0.2, 0) is 16.0 Å². The fraction of sp³-hybridized carbons (Fsp3) is 0.565. The number of halogens is 1. The molecule has 2 heterocycles. The number of para-hydroxylation sites is 1. The topological polar surface area (TPSA) is 71.0 Å². The molecule has 2 N–H and O–H groups in total. The van der Waals surface area contributed by atoms with E-state index in [4.69, 9.17) is 19.5 Å². The monoisotopic (exact) mass is 541 g/mol. The highest BCUT2D eigenvalue weighted by atomic mass is 127. The van der Waals surface area contributed by atoms with Gasteiger partial charge < -0.3 is 25.0 Å². The molecule has 172 valence electrons. The van der Waals surface area contributed by atoms with Crippen LogP contribution >= 0.6 is 24.0 Å². The Morgan fingerprint density at radius 3 is 2.87 bits per heavy atom. The van der Waals surface area contributed by atoms with Crippen molar-refractivity contribution in [2.24, 2.45) is 10.9 Å². The second-order valence-corrected chi connectivity index (χ2v) is 7.83. The van der Waals surface area contributed by atoms with Gasteiger partial charge >= 0.3 is 0 Å². The smallest absolute Gasteiger partial charge is 0.191 e. The van der Waals surface area contributed by atoms with Crippen molar-refractivity contribution >= 4 is 46.7 Å². The fourth-order valence-electron chi connectivity index (χ4n) is 3.44. The van der Waals surface area contributed by atoms with E-state index in [-0.39, 0.29) is 24.0 Å². The van der Waals surface area contributed by atoms with Crippen LogP contribution in [0.4, 0.5) is 5.82 Å². The molecule has 1 aliphatic heterocycles. The molecule has 1 fully saturated rings. The lowest BCUT2D eigenvalue weighted by molar-refractivity contribution is 0.0888. The van der Waals surface area contributed by atoms with Crippen molar-refractivity contribution in [3.63, 3.8) is 0 Å². The SMILES string of the molecule is CCNC(=NCc1cc(N(C)C)nc2ccccc12)NCCCOCC1CCOC1.I. The number of anilines is 1. The van der Waals surface area contributed by atoms with Crippen molar-refractivity contribution < 1.29 is 9.47 Å². The first-order valence-electron chi connectivity index (χ1n) is 10.9. The van der Waals surface area contributed by atoms with Crippen molar-refractivity contribution in [1.29, 1.82) is 0 Å². The minimum absolute atomic E-state index is 0. The molecule has 0 saturated carbocycles. The van der Waals surface area contributed by atoms with Gasteiger partial charge in [0.25, 0.3) is 0 Å². The van der Waals surface area contributed by atoms with E-state index in [9.17, 15) is 0 Å². The van der Waals surface area contributed by atoms with Crippen LogP contribution in [0.25, 0.3) is 10.9 Å². The van der Waals surface area contributed by atoms with Crippen molar-refractivity contribution in [3.05, 3.63) is 35.9 Å². The highest BCUT2D eigenvalue weighted by molar-refractivity contribution is 14.0. The van der Waals surface area contributed by atoms with Gasteiger partial charge in [-0.05, 0) is 37.5 Å².